The highest BCUT2D eigenvalue weighted by Gasteiger charge is 2.39. The van der Waals surface area contributed by atoms with Crippen molar-refractivity contribution in [3.05, 3.63) is 47.5 Å². The number of aromatic amines is 1. The number of hydrogen-bond acceptors (Lipinski definition) is 3. The van der Waals surface area contributed by atoms with Gasteiger partial charge in [-0.3, -0.25) is 5.10 Å². The van der Waals surface area contributed by atoms with Crippen molar-refractivity contribution in [3.63, 3.8) is 0 Å². The summed E-state index contributed by atoms with van der Waals surface area (Å²) in [6.07, 6.45) is 2.10. The van der Waals surface area contributed by atoms with Crippen LogP contribution in [-0.4, -0.2) is 28.3 Å². The van der Waals surface area contributed by atoms with E-state index >= 15 is 0 Å². The molecule has 0 spiro atoms. The zero-order chi connectivity index (χ0) is 14.0. The molecule has 0 aliphatic carbocycles. The van der Waals surface area contributed by atoms with Crippen LogP contribution in [0.1, 0.15) is 49.8 Å². The lowest BCUT2D eigenvalue weighted by atomic mass is 9.72. The Morgan fingerprint density at radius 3 is 2.40 bits per heavy atom. The molecule has 3 rings (SSSR count). The summed E-state index contributed by atoms with van der Waals surface area (Å²) in [7, 11) is 0. The van der Waals surface area contributed by atoms with Gasteiger partial charge in [0.2, 0.25) is 0 Å². The minimum Gasteiger partial charge on any atom is -0.317 e. The summed E-state index contributed by atoms with van der Waals surface area (Å²) < 4.78 is 0. The van der Waals surface area contributed by atoms with Crippen molar-refractivity contribution in [2.45, 2.75) is 38.0 Å². The minimum atomic E-state index is -0.0455. The van der Waals surface area contributed by atoms with Crippen molar-refractivity contribution < 1.29 is 0 Å². The average Bonchev–Trinajstić information content (AvgIpc) is 2.99. The molecule has 2 aromatic rings. The summed E-state index contributed by atoms with van der Waals surface area (Å²) in [5.74, 6) is 2.31. The Labute approximate surface area is 120 Å². The van der Waals surface area contributed by atoms with Gasteiger partial charge in [-0.2, -0.15) is 5.10 Å². The smallest absolute Gasteiger partial charge is 0.161 e. The van der Waals surface area contributed by atoms with E-state index in [1.165, 1.54) is 5.56 Å². The second-order valence-electron chi connectivity index (χ2n) is 5.90. The van der Waals surface area contributed by atoms with Gasteiger partial charge in [-0.25, -0.2) is 4.98 Å². The minimum absolute atomic E-state index is 0.0455. The molecule has 0 unspecified atom stereocenters. The summed E-state index contributed by atoms with van der Waals surface area (Å²) >= 11 is 0. The van der Waals surface area contributed by atoms with E-state index in [0.717, 1.165) is 37.6 Å². The summed E-state index contributed by atoms with van der Waals surface area (Å²) in [6.45, 7) is 6.31. The van der Waals surface area contributed by atoms with Gasteiger partial charge in [0.15, 0.2) is 5.82 Å². The van der Waals surface area contributed by atoms with Gasteiger partial charge in [-0.15, -0.1) is 0 Å². The molecule has 1 aromatic carbocycles. The number of piperidine rings is 1. The Kier molecular flexibility index (Phi) is 3.57. The maximum atomic E-state index is 4.79. The van der Waals surface area contributed by atoms with Gasteiger partial charge in [0.1, 0.15) is 5.82 Å². The van der Waals surface area contributed by atoms with Gasteiger partial charge in [-0.1, -0.05) is 44.2 Å². The first-order valence-corrected chi connectivity index (χ1v) is 7.41. The second-order valence-corrected chi connectivity index (χ2v) is 5.90. The lowest BCUT2D eigenvalue weighted by molar-refractivity contribution is 0.346. The van der Waals surface area contributed by atoms with E-state index in [9.17, 15) is 0 Å². The number of H-pyrrole nitrogens is 1. The van der Waals surface area contributed by atoms with Crippen LogP contribution >= 0.6 is 0 Å². The van der Waals surface area contributed by atoms with Crippen LogP contribution in [-0.2, 0) is 5.41 Å². The van der Waals surface area contributed by atoms with E-state index in [-0.39, 0.29) is 5.41 Å². The summed E-state index contributed by atoms with van der Waals surface area (Å²) in [5.41, 5.74) is 1.28. The average molecular weight is 270 g/mol. The zero-order valence-electron chi connectivity index (χ0n) is 12.2. The molecule has 1 saturated heterocycles. The molecule has 4 heteroatoms. The quantitative estimate of drug-likeness (QED) is 0.901. The van der Waals surface area contributed by atoms with Crippen molar-refractivity contribution >= 4 is 0 Å². The third-order valence-electron chi connectivity index (χ3n) is 4.26. The van der Waals surface area contributed by atoms with Crippen LogP contribution in [0.5, 0.6) is 0 Å². The highest BCUT2D eigenvalue weighted by Crippen LogP contribution is 2.38. The largest absolute Gasteiger partial charge is 0.317 e. The molecule has 1 aliphatic rings. The second kappa shape index (κ2) is 5.37. The fourth-order valence-corrected chi connectivity index (χ4v) is 3.00. The molecule has 0 saturated carbocycles. The topological polar surface area (TPSA) is 53.6 Å². The molecule has 0 radical (unpaired) electrons. The van der Waals surface area contributed by atoms with Gasteiger partial charge in [0.25, 0.3) is 0 Å². The van der Waals surface area contributed by atoms with Crippen LogP contribution in [0.2, 0.25) is 0 Å². The fraction of sp³-hybridized carbons (Fsp3) is 0.500. The SMILES string of the molecule is CC(C)c1nc(C2(c3ccccc3)CCNCC2)n[nH]1. The third kappa shape index (κ3) is 2.24. The first-order chi connectivity index (χ1) is 9.72. The number of rotatable bonds is 3. The molecule has 2 heterocycles. The Morgan fingerprint density at radius 1 is 1.10 bits per heavy atom. The summed E-state index contributed by atoms with van der Waals surface area (Å²) in [6, 6.07) is 10.7. The van der Waals surface area contributed by atoms with Crippen LogP contribution < -0.4 is 5.32 Å². The molecule has 20 heavy (non-hydrogen) atoms. The Hall–Kier alpha value is -1.68. The maximum Gasteiger partial charge on any atom is 0.161 e. The summed E-state index contributed by atoms with van der Waals surface area (Å²) in [5, 5.41) is 11.1. The van der Waals surface area contributed by atoms with Gasteiger partial charge < -0.3 is 5.32 Å². The van der Waals surface area contributed by atoms with E-state index < -0.39 is 0 Å². The van der Waals surface area contributed by atoms with Crippen LogP contribution in [0.25, 0.3) is 0 Å². The zero-order valence-corrected chi connectivity index (χ0v) is 12.2. The highest BCUT2D eigenvalue weighted by molar-refractivity contribution is 5.33. The van der Waals surface area contributed by atoms with E-state index in [2.05, 4.69) is 59.7 Å². The molecular formula is C16H22N4. The first kappa shape index (κ1) is 13.3. The highest BCUT2D eigenvalue weighted by atomic mass is 15.2. The lowest BCUT2D eigenvalue weighted by Gasteiger charge is -2.35. The number of hydrogen-bond donors (Lipinski definition) is 2. The van der Waals surface area contributed by atoms with Gasteiger partial charge >= 0.3 is 0 Å². The van der Waals surface area contributed by atoms with Crippen LogP contribution in [0, 0.1) is 0 Å². The van der Waals surface area contributed by atoms with E-state index in [1.807, 2.05) is 0 Å². The standard InChI is InChI=1S/C16H22N4/c1-12(2)14-18-15(20-19-14)16(8-10-17-11-9-16)13-6-4-3-5-7-13/h3-7,12,17H,8-11H2,1-2H3,(H,18,19,20). The number of nitrogens with one attached hydrogen (secondary N) is 2. The van der Waals surface area contributed by atoms with E-state index in [1.54, 1.807) is 0 Å². The maximum absolute atomic E-state index is 4.79. The normalized spacial score (nSPS) is 18.4. The van der Waals surface area contributed by atoms with E-state index in [4.69, 9.17) is 4.98 Å². The predicted molar refractivity (Wildman–Crippen MR) is 79.8 cm³/mol. The monoisotopic (exact) mass is 270 g/mol. The molecule has 1 aromatic heterocycles. The molecule has 0 amide bonds. The van der Waals surface area contributed by atoms with Crippen LogP contribution in [0.4, 0.5) is 0 Å². The predicted octanol–water partition coefficient (Wildman–Crippen LogP) is 2.60. The Balaban J connectivity index is 2.05. The van der Waals surface area contributed by atoms with Gasteiger partial charge in [0.05, 0.1) is 5.41 Å². The first-order valence-electron chi connectivity index (χ1n) is 7.41. The van der Waals surface area contributed by atoms with Crippen molar-refractivity contribution in [2.75, 3.05) is 13.1 Å². The van der Waals surface area contributed by atoms with Gasteiger partial charge in [-0.05, 0) is 31.5 Å². The van der Waals surface area contributed by atoms with Crippen molar-refractivity contribution in [3.8, 4) is 0 Å². The summed E-state index contributed by atoms with van der Waals surface area (Å²) in [4.78, 5) is 4.79. The Morgan fingerprint density at radius 2 is 1.80 bits per heavy atom. The molecule has 0 bridgehead atoms. The lowest BCUT2D eigenvalue weighted by Crippen LogP contribution is -2.41. The van der Waals surface area contributed by atoms with Crippen molar-refractivity contribution in [2.24, 2.45) is 0 Å². The molecule has 4 nitrogen and oxygen atoms in total. The number of nitrogens with zero attached hydrogens (tertiary/aromatic N) is 2. The molecule has 0 atom stereocenters. The number of aromatic nitrogens is 3. The molecule has 1 aliphatic heterocycles. The number of benzene rings is 1. The Bertz CT molecular complexity index is 553. The third-order valence-corrected chi connectivity index (χ3v) is 4.26. The van der Waals surface area contributed by atoms with Crippen LogP contribution in [0.3, 0.4) is 0 Å². The molecule has 2 N–H and O–H groups in total. The fourth-order valence-electron chi connectivity index (χ4n) is 3.00. The molecular weight excluding hydrogens is 248 g/mol. The molecule has 106 valence electrons. The van der Waals surface area contributed by atoms with Crippen molar-refractivity contribution in [1.29, 1.82) is 0 Å². The van der Waals surface area contributed by atoms with Crippen LogP contribution in [0.15, 0.2) is 30.3 Å². The molecule has 1 fully saturated rings. The van der Waals surface area contributed by atoms with Gasteiger partial charge in [0, 0.05) is 5.92 Å². The van der Waals surface area contributed by atoms with Crippen molar-refractivity contribution in [1.82, 2.24) is 20.5 Å². The van der Waals surface area contributed by atoms with E-state index in [0.29, 0.717) is 5.92 Å².